The zero-order chi connectivity index (χ0) is 18.4. The van der Waals surface area contributed by atoms with E-state index in [4.69, 9.17) is 9.02 Å². The Hall–Kier alpha value is -2.10. The summed E-state index contributed by atoms with van der Waals surface area (Å²) >= 11 is 5.22. The number of halogens is 1. The third-order valence-corrected chi connectivity index (χ3v) is 5.86. The Balaban J connectivity index is 1.88. The van der Waals surface area contributed by atoms with Crippen molar-refractivity contribution in [1.82, 2.24) is 9.96 Å². The molecule has 2 bridgehead atoms. The maximum Gasteiger partial charge on any atom is 0.346 e. The third-order valence-electron chi connectivity index (χ3n) is 4.59. The number of thiophene rings is 1. The zero-order valence-electron chi connectivity index (χ0n) is 13.7. The maximum absolute atomic E-state index is 13.3. The Morgan fingerprint density at radius 1 is 1.38 bits per heavy atom. The van der Waals surface area contributed by atoms with Crippen molar-refractivity contribution < 1.29 is 23.0 Å². The van der Waals surface area contributed by atoms with Crippen molar-refractivity contribution in [1.29, 1.82) is 0 Å². The number of thiol groups is 1. The van der Waals surface area contributed by atoms with Gasteiger partial charge in [0.05, 0.1) is 13.2 Å². The van der Waals surface area contributed by atoms with Gasteiger partial charge in [0.1, 0.15) is 11.9 Å². The van der Waals surface area contributed by atoms with Crippen molar-refractivity contribution in [2.75, 3.05) is 13.2 Å². The second kappa shape index (κ2) is 6.57. The largest absolute Gasteiger partial charge is 0.464 e. The molecule has 0 aliphatic carbocycles. The van der Waals surface area contributed by atoms with Crippen LogP contribution >= 0.6 is 24.2 Å². The second-order valence-corrected chi connectivity index (χ2v) is 7.02. The summed E-state index contributed by atoms with van der Waals surface area (Å²) in [6.07, 6.45) is 0. The fourth-order valence-electron chi connectivity index (χ4n) is 3.49. The summed E-state index contributed by atoms with van der Waals surface area (Å²) in [6, 6.07) is 4.39. The number of hydrogen-bond donors (Lipinski definition) is 1. The van der Waals surface area contributed by atoms with Crippen molar-refractivity contribution in [2.45, 2.75) is 19.0 Å². The first-order valence-corrected chi connectivity index (χ1v) is 9.26. The Bertz CT molecular complexity index is 870. The zero-order valence-corrected chi connectivity index (χ0v) is 15.4. The minimum atomic E-state index is -0.867. The number of amides is 2. The Morgan fingerprint density at radius 3 is 2.77 bits per heavy atom. The van der Waals surface area contributed by atoms with E-state index in [1.807, 2.05) is 5.38 Å². The van der Waals surface area contributed by atoms with Crippen molar-refractivity contribution in [3.8, 4) is 11.1 Å². The van der Waals surface area contributed by atoms with Gasteiger partial charge in [-0.25, -0.2) is 18.3 Å². The smallest absolute Gasteiger partial charge is 0.346 e. The topological polar surface area (TPSA) is 59.1 Å². The molecule has 3 heterocycles. The molecule has 1 aromatic carbocycles. The first kappa shape index (κ1) is 17.3. The lowest BCUT2D eigenvalue weighted by Gasteiger charge is -2.30. The summed E-state index contributed by atoms with van der Waals surface area (Å²) in [4.78, 5) is 27.6. The van der Waals surface area contributed by atoms with Crippen LogP contribution in [0.3, 0.4) is 0 Å². The van der Waals surface area contributed by atoms with Gasteiger partial charge in [-0.2, -0.15) is 5.06 Å². The van der Waals surface area contributed by atoms with Crippen molar-refractivity contribution >= 4 is 36.2 Å². The van der Waals surface area contributed by atoms with E-state index < -0.39 is 18.0 Å². The molecule has 2 unspecified atom stereocenters. The number of fused-ring (bicyclic) bond motifs is 4. The molecule has 0 N–H and O–H groups in total. The highest BCUT2D eigenvalue weighted by Gasteiger charge is 2.53. The van der Waals surface area contributed by atoms with Gasteiger partial charge >= 0.3 is 12.0 Å². The van der Waals surface area contributed by atoms with Crippen LogP contribution in [0.4, 0.5) is 9.18 Å². The van der Waals surface area contributed by atoms with E-state index in [1.54, 1.807) is 19.1 Å². The SMILES string of the molecule is CCOC(=O)C1c2c(-c3ccc(F)cc3)csc2C2CN1C(=O)N2OS. The van der Waals surface area contributed by atoms with Gasteiger partial charge in [0, 0.05) is 23.4 Å². The molecule has 1 aromatic heterocycles. The van der Waals surface area contributed by atoms with Crippen LogP contribution in [0.15, 0.2) is 29.6 Å². The summed E-state index contributed by atoms with van der Waals surface area (Å²) in [7, 11) is 0. The maximum atomic E-state index is 13.3. The minimum Gasteiger partial charge on any atom is -0.464 e. The molecule has 6 nitrogen and oxygen atoms in total. The van der Waals surface area contributed by atoms with Crippen LogP contribution in [0.5, 0.6) is 0 Å². The number of urea groups is 1. The molecule has 1 fully saturated rings. The summed E-state index contributed by atoms with van der Waals surface area (Å²) in [5, 5.41) is 3.07. The van der Waals surface area contributed by atoms with Gasteiger partial charge in [-0.15, -0.1) is 11.3 Å². The van der Waals surface area contributed by atoms with E-state index in [9.17, 15) is 14.0 Å². The van der Waals surface area contributed by atoms with Crippen LogP contribution in [0.2, 0.25) is 0 Å². The molecule has 2 aliphatic rings. The number of carbonyl (C=O) groups excluding carboxylic acids is 2. The Morgan fingerprint density at radius 2 is 2.12 bits per heavy atom. The Kier molecular flexibility index (Phi) is 4.37. The van der Waals surface area contributed by atoms with Crippen LogP contribution in [0, 0.1) is 5.82 Å². The van der Waals surface area contributed by atoms with Gasteiger partial charge in [0.25, 0.3) is 0 Å². The number of rotatable bonds is 4. The fourth-order valence-corrected chi connectivity index (χ4v) is 4.86. The summed E-state index contributed by atoms with van der Waals surface area (Å²) in [5.74, 6) is -0.836. The van der Waals surface area contributed by atoms with Gasteiger partial charge in [-0.1, -0.05) is 12.1 Å². The Labute approximate surface area is 158 Å². The standard InChI is InChI=1S/C17H15FN2O4S2/c1-2-23-16(21)14-13-11(9-3-5-10(18)6-4-9)8-26-15(13)12-7-19(14)17(22)20(12)24-25/h3-6,8,12,14,25H,2,7H2,1H3. The van der Waals surface area contributed by atoms with E-state index in [-0.39, 0.29) is 18.5 Å². The molecule has 136 valence electrons. The van der Waals surface area contributed by atoms with E-state index >= 15 is 0 Å². The van der Waals surface area contributed by atoms with Crippen LogP contribution in [0.25, 0.3) is 11.1 Å². The molecule has 2 aliphatic heterocycles. The predicted octanol–water partition coefficient (Wildman–Crippen LogP) is 3.73. The lowest BCUT2D eigenvalue weighted by atomic mass is 9.92. The summed E-state index contributed by atoms with van der Waals surface area (Å²) in [6.45, 7) is 2.24. The fraction of sp³-hybridized carbons (Fsp3) is 0.294. The van der Waals surface area contributed by atoms with Crippen LogP contribution in [-0.2, 0) is 13.8 Å². The molecule has 2 aromatic rings. The van der Waals surface area contributed by atoms with Crippen molar-refractivity contribution in [2.24, 2.45) is 0 Å². The lowest BCUT2D eigenvalue weighted by molar-refractivity contribution is -0.148. The average Bonchev–Trinajstić information content (AvgIpc) is 3.18. The number of hydroxylamine groups is 2. The van der Waals surface area contributed by atoms with Gasteiger partial charge in [-0.05, 0) is 35.6 Å². The van der Waals surface area contributed by atoms with Crippen molar-refractivity contribution in [3.05, 3.63) is 45.9 Å². The predicted molar refractivity (Wildman–Crippen MR) is 95.8 cm³/mol. The number of hydrogen-bond acceptors (Lipinski definition) is 6. The summed E-state index contributed by atoms with van der Waals surface area (Å²) in [5.41, 5.74) is 2.26. The average molecular weight is 394 g/mol. The number of benzene rings is 1. The van der Waals surface area contributed by atoms with Gasteiger partial charge < -0.3 is 9.64 Å². The van der Waals surface area contributed by atoms with Gasteiger partial charge in [-0.3, -0.25) is 0 Å². The second-order valence-electron chi connectivity index (χ2n) is 5.95. The monoisotopic (exact) mass is 394 g/mol. The van der Waals surface area contributed by atoms with E-state index in [0.29, 0.717) is 12.1 Å². The van der Waals surface area contributed by atoms with E-state index in [1.165, 1.54) is 28.4 Å². The third kappa shape index (κ3) is 2.50. The summed E-state index contributed by atoms with van der Waals surface area (Å²) < 4.78 is 23.5. The highest BCUT2D eigenvalue weighted by atomic mass is 32.1. The molecular weight excluding hydrogens is 379 g/mol. The number of esters is 1. The number of ether oxygens (including phenoxy) is 1. The van der Waals surface area contributed by atoms with Crippen LogP contribution in [-0.4, -0.2) is 35.1 Å². The van der Waals surface area contributed by atoms with Crippen LogP contribution < -0.4 is 0 Å². The lowest BCUT2D eigenvalue weighted by Crippen LogP contribution is -2.39. The molecule has 26 heavy (non-hydrogen) atoms. The molecule has 0 radical (unpaired) electrons. The molecule has 2 atom stereocenters. The molecule has 0 spiro atoms. The molecular formula is C17H15FN2O4S2. The van der Waals surface area contributed by atoms with E-state index in [0.717, 1.165) is 21.1 Å². The number of nitrogens with zero attached hydrogens (tertiary/aromatic N) is 2. The first-order valence-electron chi connectivity index (χ1n) is 8.02. The van der Waals surface area contributed by atoms with Gasteiger partial charge in [0.2, 0.25) is 0 Å². The molecule has 2 amide bonds. The minimum absolute atomic E-state index is 0.207. The highest BCUT2D eigenvalue weighted by Crippen LogP contribution is 2.50. The molecule has 0 saturated carbocycles. The highest BCUT2D eigenvalue weighted by molar-refractivity contribution is 7.75. The van der Waals surface area contributed by atoms with Crippen molar-refractivity contribution in [3.63, 3.8) is 0 Å². The van der Waals surface area contributed by atoms with Crippen LogP contribution in [0.1, 0.15) is 29.4 Å². The van der Waals surface area contributed by atoms with Gasteiger partial charge in [0.15, 0.2) is 6.04 Å². The molecule has 1 saturated heterocycles. The van der Waals surface area contributed by atoms with E-state index in [2.05, 4.69) is 12.9 Å². The number of carbonyl (C=O) groups is 2. The first-order chi connectivity index (χ1) is 12.6. The quantitative estimate of drug-likeness (QED) is 0.488. The molecule has 9 heteroatoms. The normalized spacial score (nSPS) is 21.1. The molecule has 4 rings (SSSR count).